The Hall–Kier alpha value is -4.44. The highest BCUT2D eigenvalue weighted by Gasteiger charge is 2.35. The zero-order chi connectivity index (χ0) is 28.4. The molecular formula is C30H25F2N3O4S. The number of nitrogens with one attached hydrogen (secondary N) is 1. The fourth-order valence-electron chi connectivity index (χ4n) is 4.45. The van der Waals surface area contributed by atoms with Crippen molar-refractivity contribution in [2.45, 2.75) is 25.7 Å². The second kappa shape index (κ2) is 11.4. The molecule has 0 fully saturated rings. The number of amides is 1. The van der Waals surface area contributed by atoms with Crippen LogP contribution in [-0.4, -0.2) is 40.8 Å². The number of fused-ring (bicyclic) bond motifs is 1. The lowest BCUT2D eigenvalue weighted by molar-refractivity contribution is -0.113. The number of carbonyl (C=O) groups excluding carboxylic acids is 2. The number of hydrogen-bond acceptors (Lipinski definition) is 6. The molecule has 0 saturated heterocycles. The highest BCUT2D eigenvalue weighted by Crippen LogP contribution is 2.34. The largest absolute Gasteiger partial charge is 0.497 e. The first-order valence-corrected chi connectivity index (χ1v) is 13.2. The Kier molecular flexibility index (Phi) is 7.70. The van der Waals surface area contributed by atoms with Gasteiger partial charge in [-0.2, -0.15) is 8.78 Å². The number of alkyl halides is 2. The van der Waals surface area contributed by atoms with Gasteiger partial charge in [-0.15, -0.1) is 0 Å². The molecule has 0 radical (unpaired) electrons. The number of ketones is 1. The molecule has 1 aromatic heterocycles. The first-order valence-electron chi connectivity index (χ1n) is 12.4. The molecule has 1 aliphatic heterocycles. The van der Waals surface area contributed by atoms with Crippen LogP contribution in [0.3, 0.4) is 0 Å². The van der Waals surface area contributed by atoms with Gasteiger partial charge in [0, 0.05) is 22.2 Å². The molecule has 40 heavy (non-hydrogen) atoms. The van der Waals surface area contributed by atoms with Gasteiger partial charge in [-0.05, 0) is 68.0 Å². The number of nitrogens with zero attached hydrogens (tertiary/aromatic N) is 2. The van der Waals surface area contributed by atoms with E-state index in [0.29, 0.717) is 22.2 Å². The van der Waals surface area contributed by atoms with E-state index < -0.39 is 17.8 Å². The van der Waals surface area contributed by atoms with Gasteiger partial charge in [0.1, 0.15) is 17.2 Å². The van der Waals surface area contributed by atoms with Crippen LogP contribution in [0.25, 0.3) is 17.0 Å². The molecule has 2 heterocycles. The minimum absolute atomic E-state index is 0.0381. The minimum Gasteiger partial charge on any atom is -0.497 e. The lowest BCUT2D eigenvalue weighted by Gasteiger charge is -2.20. The fourth-order valence-corrected chi connectivity index (χ4v) is 5.43. The number of hydrogen-bond donors (Lipinski definition) is 1. The number of carbonyl (C=O) groups is 2. The second-order valence-corrected chi connectivity index (χ2v) is 10.3. The van der Waals surface area contributed by atoms with Gasteiger partial charge in [-0.3, -0.25) is 14.5 Å². The number of aromatic amines is 1. The van der Waals surface area contributed by atoms with E-state index in [-0.39, 0.29) is 17.2 Å². The van der Waals surface area contributed by atoms with Crippen molar-refractivity contribution in [3.63, 3.8) is 0 Å². The Morgan fingerprint density at radius 1 is 1.02 bits per heavy atom. The minimum atomic E-state index is -2.97. The summed E-state index contributed by atoms with van der Waals surface area (Å²) in [7, 11) is 1.57. The average molecular weight is 562 g/mol. The highest BCUT2D eigenvalue weighted by molar-refractivity contribution is 8.15. The molecule has 204 valence electrons. The third kappa shape index (κ3) is 5.48. The number of anilines is 1. The van der Waals surface area contributed by atoms with Gasteiger partial charge in [0.05, 0.1) is 18.0 Å². The molecular weight excluding hydrogens is 536 g/mol. The smallest absolute Gasteiger partial charge is 0.387 e. The molecule has 3 aromatic carbocycles. The quantitative estimate of drug-likeness (QED) is 0.188. The van der Waals surface area contributed by atoms with E-state index in [4.69, 9.17) is 4.74 Å². The zero-order valence-corrected chi connectivity index (χ0v) is 22.7. The van der Waals surface area contributed by atoms with Gasteiger partial charge in [0.25, 0.3) is 5.91 Å². The number of H-pyrrole nitrogens is 1. The monoisotopic (exact) mass is 561 g/mol. The molecule has 5 rings (SSSR count). The number of amidine groups is 1. The van der Waals surface area contributed by atoms with Crippen LogP contribution in [0.15, 0.2) is 83.5 Å². The average Bonchev–Trinajstić information content (AvgIpc) is 3.43. The van der Waals surface area contributed by atoms with Gasteiger partial charge >= 0.3 is 6.61 Å². The highest BCUT2D eigenvalue weighted by atomic mass is 32.2. The number of benzene rings is 3. The Morgan fingerprint density at radius 2 is 1.70 bits per heavy atom. The fraction of sp³-hybridized carbons (Fsp3) is 0.167. The molecule has 0 spiro atoms. The molecule has 10 heteroatoms. The molecule has 0 bridgehead atoms. The van der Waals surface area contributed by atoms with Crippen molar-refractivity contribution >= 4 is 51.3 Å². The first kappa shape index (κ1) is 27.1. The summed E-state index contributed by atoms with van der Waals surface area (Å²) >= 11 is 1.15. The van der Waals surface area contributed by atoms with Gasteiger partial charge in [0.15, 0.2) is 11.0 Å². The number of thioether (sulfide) groups is 1. The van der Waals surface area contributed by atoms with Crippen LogP contribution in [0, 0.1) is 6.92 Å². The van der Waals surface area contributed by atoms with Crippen molar-refractivity contribution in [2.24, 2.45) is 4.99 Å². The van der Waals surface area contributed by atoms with E-state index in [9.17, 15) is 18.4 Å². The van der Waals surface area contributed by atoms with Crippen molar-refractivity contribution < 1.29 is 27.8 Å². The van der Waals surface area contributed by atoms with Crippen molar-refractivity contribution in [1.29, 1.82) is 0 Å². The van der Waals surface area contributed by atoms with E-state index in [1.54, 1.807) is 44.4 Å². The first-order chi connectivity index (χ1) is 19.2. The van der Waals surface area contributed by atoms with Crippen molar-refractivity contribution in [3.8, 4) is 11.5 Å². The summed E-state index contributed by atoms with van der Waals surface area (Å²) in [4.78, 5) is 36.4. The number of methoxy groups -OCH3 is 1. The van der Waals surface area contributed by atoms with Crippen molar-refractivity contribution in [2.75, 3.05) is 12.0 Å². The summed E-state index contributed by atoms with van der Waals surface area (Å²) in [5.74, 6) is 0.114. The predicted octanol–water partition coefficient (Wildman–Crippen LogP) is 6.83. The Balaban J connectivity index is 1.48. The van der Waals surface area contributed by atoms with E-state index in [1.165, 1.54) is 29.2 Å². The van der Waals surface area contributed by atoms with Gasteiger partial charge in [-0.1, -0.05) is 42.1 Å². The Morgan fingerprint density at radius 3 is 2.38 bits per heavy atom. The summed E-state index contributed by atoms with van der Waals surface area (Å²) in [6.07, 6.45) is 1.65. The van der Waals surface area contributed by atoms with Crippen molar-refractivity contribution in [3.05, 3.63) is 95.3 Å². The third-order valence-electron chi connectivity index (χ3n) is 6.36. The summed E-state index contributed by atoms with van der Waals surface area (Å²) in [6, 6.07) is 20.4. The maximum absolute atomic E-state index is 13.6. The van der Waals surface area contributed by atoms with Crippen LogP contribution in [0.4, 0.5) is 14.5 Å². The van der Waals surface area contributed by atoms with E-state index in [1.807, 2.05) is 31.2 Å². The third-order valence-corrected chi connectivity index (χ3v) is 7.41. The van der Waals surface area contributed by atoms with Crippen LogP contribution in [0.1, 0.15) is 28.5 Å². The van der Waals surface area contributed by atoms with Crippen LogP contribution in [0.2, 0.25) is 0 Å². The number of Topliss-reactive ketones (excluding diaryl/α,β-unsaturated/α-hetero) is 1. The lowest BCUT2D eigenvalue weighted by atomic mass is 10.1. The van der Waals surface area contributed by atoms with Crippen LogP contribution < -0.4 is 14.4 Å². The SMILES string of the molecule is COc1ccc(/C=C2\N=C(S[C@@H](C)C(=O)c3c(C)[nH]c4ccccc34)N(c3ccc(OC(F)F)cc3)C2=O)cc1. The van der Waals surface area contributed by atoms with Gasteiger partial charge < -0.3 is 14.5 Å². The Labute approximate surface area is 233 Å². The normalized spacial score (nSPS) is 15.2. The van der Waals surface area contributed by atoms with Crippen LogP contribution in [0.5, 0.6) is 11.5 Å². The maximum Gasteiger partial charge on any atom is 0.387 e. The maximum atomic E-state index is 13.6. The topological polar surface area (TPSA) is 84.0 Å². The molecule has 1 N–H and O–H groups in total. The number of para-hydroxylation sites is 1. The standard InChI is InChI=1S/C30H25F2N3O4S/c1-17-26(23-6-4-5-7-24(23)33-17)27(36)18(2)40-30-34-25(16-19-8-12-21(38-3)13-9-19)28(37)35(30)20-10-14-22(15-11-20)39-29(31)32/h4-16,18,29,33H,1-3H3/b25-16-/t18-/m0/s1. The number of rotatable bonds is 8. The number of ether oxygens (including phenoxy) is 2. The molecule has 1 atom stereocenters. The molecule has 7 nitrogen and oxygen atoms in total. The van der Waals surface area contributed by atoms with Gasteiger partial charge in [-0.25, -0.2) is 4.99 Å². The van der Waals surface area contributed by atoms with E-state index >= 15 is 0 Å². The summed E-state index contributed by atoms with van der Waals surface area (Å²) in [5, 5.41) is 0.535. The number of halogens is 2. The predicted molar refractivity (Wildman–Crippen MR) is 153 cm³/mol. The summed E-state index contributed by atoms with van der Waals surface area (Å²) < 4.78 is 35.0. The molecule has 0 aliphatic carbocycles. The second-order valence-electron chi connectivity index (χ2n) is 9.00. The Bertz CT molecular complexity index is 1630. The van der Waals surface area contributed by atoms with E-state index in [2.05, 4.69) is 14.7 Å². The molecule has 4 aromatic rings. The zero-order valence-electron chi connectivity index (χ0n) is 21.9. The molecule has 0 saturated carbocycles. The van der Waals surface area contributed by atoms with Gasteiger partial charge in [0.2, 0.25) is 0 Å². The van der Waals surface area contributed by atoms with Crippen LogP contribution >= 0.6 is 11.8 Å². The van der Waals surface area contributed by atoms with E-state index in [0.717, 1.165) is 33.9 Å². The van der Waals surface area contributed by atoms with Crippen molar-refractivity contribution in [1.82, 2.24) is 4.98 Å². The molecule has 1 amide bonds. The summed E-state index contributed by atoms with van der Waals surface area (Å²) in [5.41, 5.74) is 3.52. The number of aromatic nitrogens is 1. The number of aliphatic imine (C=N–C) groups is 1. The van der Waals surface area contributed by atoms with Crippen LogP contribution in [-0.2, 0) is 4.79 Å². The lowest BCUT2D eigenvalue weighted by Crippen LogP contribution is -2.32. The molecule has 0 unspecified atom stereocenters. The molecule has 1 aliphatic rings. The number of aryl methyl sites for hydroxylation is 1. The summed E-state index contributed by atoms with van der Waals surface area (Å²) in [6.45, 7) is 0.655.